The molecular weight excluding hydrogens is 474 g/mol. The molecular formula is C36H33N3. The molecule has 3 nitrogen and oxygen atoms in total. The minimum atomic E-state index is -0.850. The molecule has 6 rings (SSSR count). The molecule has 0 fully saturated rings. The van der Waals surface area contributed by atoms with Gasteiger partial charge in [0.2, 0.25) is 5.66 Å². The van der Waals surface area contributed by atoms with Gasteiger partial charge in [0.05, 0.1) is 11.6 Å². The van der Waals surface area contributed by atoms with Gasteiger partial charge in [-0.15, -0.1) is 0 Å². The van der Waals surface area contributed by atoms with Crippen molar-refractivity contribution >= 4 is 0 Å². The summed E-state index contributed by atoms with van der Waals surface area (Å²) in [7, 11) is 0. The third-order valence-corrected chi connectivity index (χ3v) is 7.85. The Bertz CT molecular complexity index is 1660. The summed E-state index contributed by atoms with van der Waals surface area (Å²) in [6.45, 7) is 13.1. The van der Waals surface area contributed by atoms with Crippen molar-refractivity contribution in [1.82, 2.24) is 4.98 Å². The van der Waals surface area contributed by atoms with Crippen molar-refractivity contribution in [3.63, 3.8) is 0 Å². The van der Waals surface area contributed by atoms with Gasteiger partial charge in [0.15, 0.2) is 0 Å². The van der Waals surface area contributed by atoms with E-state index in [0.717, 1.165) is 21.8 Å². The molecule has 0 spiro atoms. The number of benzene rings is 4. The molecule has 192 valence electrons. The first-order chi connectivity index (χ1) is 18.7. The highest BCUT2D eigenvalue weighted by molar-refractivity contribution is 5.73. The molecule has 0 unspecified atom stereocenters. The molecule has 0 saturated carbocycles. The molecule has 0 bridgehead atoms. The van der Waals surface area contributed by atoms with E-state index in [-0.39, 0.29) is 0 Å². The molecule has 2 heterocycles. The Kier molecular flexibility index (Phi) is 6.03. The molecule has 5 aromatic rings. The van der Waals surface area contributed by atoms with Crippen LogP contribution in [-0.2, 0) is 5.66 Å². The zero-order valence-corrected chi connectivity index (χ0v) is 23.5. The summed E-state index contributed by atoms with van der Waals surface area (Å²) in [5.74, 6) is 0. The van der Waals surface area contributed by atoms with E-state index in [1.807, 2.05) is 6.07 Å². The van der Waals surface area contributed by atoms with Crippen molar-refractivity contribution in [3.05, 3.63) is 146 Å². The quantitative estimate of drug-likeness (QED) is 0.249. The second-order valence-corrected chi connectivity index (χ2v) is 11.0. The van der Waals surface area contributed by atoms with Crippen LogP contribution >= 0.6 is 0 Å². The number of fused-ring (bicyclic) bond motifs is 1. The number of aromatic nitrogens is 1. The van der Waals surface area contributed by atoms with Gasteiger partial charge >= 0.3 is 0 Å². The second kappa shape index (κ2) is 9.43. The van der Waals surface area contributed by atoms with Crippen LogP contribution in [0, 0.1) is 41.5 Å². The molecule has 1 aliphatic rings. The first kappa shape index (κ1) is 24.9. The Morgan fingerprint density at radius 1 is 0.487 bits per heavy atom. The SMILES string of the molecule is Cc1cc(C)c(-c2ccc(C3(c4ccc(-c5c(C)cc(C)cc5C)cc4)N=c4ccncc4=N3)cc2)c(C)c1. The van der Waals surface area contributed by atoms with Crippen LogP contribution in [0.2, 0.25) is 0 Å². The maximum Gasteiger partial charge on any atom is 0.202 e. The Morgan fingerprint density at radius 3 is 1.31 bits per heavy atom. The van der Waals surface area contributed by atoms with E-state index in [9.17, 15) is 0 Å². The largest absolute Gasteiger partial charge is 0.262 e. The highest BCUT2D eigenvalue weighted by Crippen LogP contribution is 2.39. The summed E-state index contributed by atoms with van der Waals surface area (Å²) in [4.78, 5) is 14.7. The molecule has 39 heavy (non-hydrogen) atoms. The van der Waals surface area contributed by atoms with Crippen LogP contribution in [0.3, 0.4) is 0 Å². The molecule has 1 aromatic heterocycles. The summed E-state index contributed by atoms with van der Waals surface area (Å²) in [5, 5.41) is 1.69. The molecule has 1 aliphatic heterocycles. The van der Waals surface area contributed by atoms with Crippen LogP contribution in [-0.4, -0.2) is 4.98 Å². The monoisotopic (exact) mass is 507 g/mol. The van der Waals surface area contributed by atoms with Gasteiger partial charge in [0, 0.05) is 17.3 Å². The number of nitrogens with zero attached hydrogens (tertiary/aromatic N) is 3. The van der Waals surface area contributed by atoms with Gasteiger partial charge in [0.1, 0.15) is 5.36 Å². The van der Waals surface area contributed by atoms with Crippen molar-refractivity contribution in [2.75, 3.05) is 0 Å². The Balaban J connectivity index is 1.47. The van der Waals surface area contributed by atoms with Crippen molar-refractivity contribution in [1.29, 1.82) is 0 Å². The fraction of sp³-hybridized carbons (Fsp3) is 0.194. The zero-order chi connectivity index (χ0) is 27.3. The fourth-order valence-electron chi connectivity index (χ4n) is 6.37. The van der Waals surface area contributed by atoms with Crippen LogP contribution in [0.15, 0.2) is 101 Å². The predicted molar refractivity (Wildman–Crippen MR) is 160 cm³/mol. The van der Waals surface area contributed by atoms with Gasteiger partial charge in [-0.05, 0) is 92.1 Å². The standard InChI is InChI=1S/C36H33N3/c1-22-17-24(3)34(25(4)18-22)28-7-11-30(12-8-28)36(38-32-15-16-37-21-33(32)39-36)31-13-9-29(10-14-31)35-26(5)19-23(2)20-27(35)6/h7-21H,1-6H3. The number of pyridine rings is 1. The lowest BCUT2D eigenvalue weighted by Crippen LogP contribution is -2.22. The third-order valence-electron chi connectivity index (χ3n) is 7.85. The lowest BCUT2D eigenvalue weighted by molar-refractivity contribution is 0.570. The van der Waals surface area contributed by atoms with E-state index < -0.39 is 5.66 Å². The van der Waals surface area contributed by atoms with E-state index in [2.05, 4.69) is 119 Å². The van der Waals surface area contributed by atoms with Crippen LogP contribution in [0.4, 0.5) is 0 Å². The molecule has 0 N–H and O–H groups in total. The Labute approximate surface area is 230 Å². The highest BCUT2D eigenvalue weighted by atomic mass is 15.1. The minimum absolute atomic E-state index is 0.820. The predicted octanol–water partition coefficient (Wildman–Crippen LogP) is 7.42. The minimum Gasteiger partial charge on any atom is -0.262 e. The molecule has 0 atom stereocenters. The fourth-order valence-corrected chi connectivity index (χ4v) is 6.37. The van der Waals surface area contributed by atoms with E-state index in [0.29, 0.717) is 0 Å². The maximum absolute atomic E-state index is 5.22. The normalized spacial score (nSPS) is 13.5. The van der Waals surface area contributed by atoms with E-state index in [4.69, 9.17) is 9.98 Å². The Morgan fingerprint density at radius 2 is 0.897 bits per heavy atom. The van der Waals surface area contributed by atoms with Gasteiger partial charge in [-0.25, -0.2) is 9.98 Å². The number of rotatable bonds is 4. The number of aryl methyl sites for hydroxylation is 6. The smallest absolute Gasteiger partial charge is 0.202 e. The molecule has 4 aromatic carbocycles. The maximum atomic E-state index is 5.22. The van der Waals surface area contributed by atoms with Crippen molar-refractivity contribution in [3.8, 4) is 22.3 Å². The van der Waals surface area contributed by atoms with Crippen LogP contribution in [0.25, 0.3) is 22.3 Å². The van der Waals surface area contributed by atoms with Crippen LogP contribution in [0.1, 0.15) is 44.5 Å². The molecule has 3 heteroatoms. The third kappa shape index (κ3) is 4.28. The molecule has 0 amide bonds. The van der Waals surface area contributed by atoms with E-state index in [1.54, 1.807) is 12.4 Å². The molecule has 0 saturated heterocycles. The summed E-state index contributed by atoms with van der Waals surface area (Å²) < 4.78 is 0. The first-order valence-corrected chi connectivity index (χ1v) is 13.5. The summed E-state index contributed by atoms with van der Waals surface area (Å²) >= 11 is 0. The number of hydrogen-bond acceptors (Lipinski definition) is 3. The molecule has 0 aliphatic carbocycles. The van der Waals surface area contributed by atoms with Crippen molar-refractivity contribution in [2.45, 2.75) is 47.2 Å². The van der Waals surface area contributed by atoms with E-state index >= 15 is 0 Å². The topological polar surface area (TPSA) is 37.6 Å². The van der Waals surface area contributed by atoms with Gasteiger partial charge in [0.25, 0.3) is 0 Å². The van der Waals surface area contributed by atoms with Crippen molar-refractivity contribution in [2.24, 2.45) is 9.98 Å². The molecule has 0 radical (unpaired) electrons. The Hall–Kier alpha value is -4.37. The average molecular weight is 508 g/mol. The summed E-state index contributed by atoms with van der Waals surface area (Å²) in [6, 6.07) is 28.5. The number of hydrogen-bond donors (Lipinski definition) is 0. The summed E-state index contributed by atoms with van der Waals surface area (Å²) in [5.41, 5.74) is 14.0. The lowest BCUT2D eigenvalue weighted by atomic mass is 9.87. The summed E-state index contributed by atoms with van der Waals surface area (Å²) in [6.07, 6.45) is 3.59. The van der Waals surface area contributed by atoms with Gasteiger partial charge in [-0.3, -0.25) is 4.98 Å². The first-order valence-electron chi connectivity index (χ1n) is 13.5. The highest BCUT2D eigenvalue weighted by Gasteiger charge is 2.36. The van der Waals surface area contributed by atoms with E-state index in [1.165, 1.54) is 55.6 Å². The van der Waals surface area contributed by atoms with Gasteiger partial charge in [-0.1, -0.05) is 83.9 Å². The van der Waals surface area contributed by atoms with Gasteiger partial charge in [-0.2, -0.15) is 0 Å². The van der Waals surface area contributed by atoms with Crippen LogP contribution in [0.5, 0.6) is 0 Å². The van der Waals surface area contributed by atoms with Crippen LogP contribution < -0.4 is 10.7 Å². The van der Waals surface area contributed by atoms with Gasteiger partial charge < -0.3 is 0 Å². The zero-order valence-electron chi connectivity index (χ0n) is 23.5. The average Bonchev–Trinajstić information content (AvgIpc) is 3.29. The van der Waals surface area contributed by atoms with Crippen molar-refractivity contribution < 1.29 is 0 Å². The lowest BCUT2D eigenvalue weighted by Gasteiger charge is -2.25. The second-order valence-electron chi connectivity index (χ2n) is 11.0.